The molecular weight excluding hydrogens is 314 g/mol. The van der Waals surface area contributed by atoms with E-state index in [4.69, 9.17) is 16.6 Å². The van der Waals surface area contributed by atoms with Crippen LogP contribution < -0.4 is 0 Å². The zero-order chi connectivity index (χ0) is 15.6. The summed E-state index contributed by atoms with van der Waals surface area (Å²) in [6, 6.07) is 0.0227. The number of hydrogen-bond acceptors (Lipinski definition) is 6. The Morgan fingerprint density at radius 3 is 2.74 bits per heavy atom. The summed E-state index contributed by atoms with van der Waals surface area (Å²) >= 11 is 6.15. The minimum Gasteiger partial charge on any atom is -0.353 e. The highest BCUT2D eigenvalue weighted by Gasteiger charge is 2.42. The molecule has 4 aliphatic rings. The summed E-state index contributed by atoms with van der Waals surface area (Å²) in [6.07, 6.45) is 4.18. The summed E-state index contributed by atoms with van der Waals surface area (Å²) in [5.74, 6) is 4.01. The highest BCUT2D eigenvalue weighted by atomic mass is 35.5. The Hall–Kier alpha value is -1.73. The molecular formula is C15H18ClN7. The van der Waals surface area contributed by atoms with Crippen molar-refractivity contribution in [3.05, 3.63) is 23.4 Å². The Morgan fingerprint density at radius 1 is 1.17 bits per heavy atom. The van der Waals surface area contributed by atoms with E-state index >= 15 is 0 Å². The van der Waals surface area contributed by atoms with Gasteiger partial charge in [0.1, 0.15) is 12.4 Å². The highest BCUT2D eigenvalue weighted by Crippen LogP contribution is 2.34. The fourth-order valence-electron chi connectivity index (χ4n) is 4.28. The molecule has 23 heavy (non-hydrogen) atoms. The minimum absolute atomic E-state index is 0.0227. The van der Waals surface area contributed by atoms with Gasteiger partial charge in [-0.15, -0.1) is 10.2 Å². The summed E-state index contributed by atoms with van der Waals surface area (Å²) in [4.78, 5) is 14.1. The molecule has 1 aromatic rings. The number of allylic oxidation sites excluding steroid dienone is 1. The summed E-state index contributed by atoms with van der Waals surface area (Å²) in [5.41, 5.74) is 0. The Bertz CT molecular complexity index is 735. The second-order valence-electron chi connectivity index (χ2n) is 6.93. The largest absolute Gasteiger partial charge is 0.353 e. The highest BCUT2D eigenvalue weighted by molar-refractivity contribution is 6.30. The Balaban J connectivity index is 1.51. The van der Waals surface area contributed by atoms with Crippen molar-refractivity contribution in [1.82, 2.24) is 24.6 Å². The van der Waals surface area contributed by atoms with Gasteiger partial charge in [0.05, 0.1) is 0 Å². The van der Waals surface area contributed by atoms with Crippen molar-refractivity contribution in [2.75, 3.05) is 33.2 Å². The SMILES string of the molecule is CN1CC2CN(C3=NC4=NC=C(Cl)CC4n4cnnc43)CC2C1. The van der Waals surface area contributed by atoms with E-state index in [-0.39, 0.29) is 6.04 Å². The van der Waals surface area contributed by atoms with Gasteiger partial charge in [-0.2, -0.15) is 0 Å². The zero-order valence-electron chi connectivity index (χ0n) is 12.9. The fraction of sp³-hybridized carbons (Fsp3) is 0.600. The van der Waals surface area contributed by atoms with E-state index in [9.17, 15) is 0 Å². The van der Waals surface area contributed by atoms with Gasteiger partial charge in [-0.1, -0.05) is 11.6 Å². The molecule has 0 aliphatic carbocycles. The van der Waals surface area contributed by atoms with E-state index < -0.39 is 0 Å². The number of amidine groups is 2. The average molecular weight is 332 g/mol. The molecule has 5 heterocycles. The fourth-order valence-corrected chi connectivity index (χ4v) is 4.47. The molecule has 3 unspecified atom stereocenters. The molecule has 0 saturated carbocycles. The molecule has 5 rings (SSSR count). The lowest BCUT2D eigenvalue weighted by atomic mass is 10.0. The Kier molecular flexibility index (Phi) is 2.90. The third-order valence-corrected chi connectivity index (χ3v) is 5.57. The third kappa shape index (κ3) is 2.06. The quantitative estimate of drug-likeness (QED) is 0.710. The van der Waals surface area contributed by atoms with Crippen LogP contribution in [0.1, 0.15) is 18.3 Å². The molecule has 4 aliphatic heterocycles. The van der Waals surface area contributed by atoms with E-state index in [1.807, 2.05) is 0 Å². The first-order valence-corrected chi connectivity index (χ1v) is 8.41. The molecule has 0 amide bonds. The van der Waals surface area contributed by atoms with Crippen LogP contribution in [0.25, 0.3) is 0 Å². The van der Waals surface area contributed by atoms with Gasteiger partial charge in [0.25, 0.3) is 0 Å². The molecule has 3 atom stereocenters. The number of nitrogens with zero attached hydrogens (tertiary/aromatic N) is 7. The van der Waals surface area contributed by atoms with E-state index in [1.54, 1.807) is 12.5 Å². The van der Waals surface area contributed by atoms with Crippen LogP contribution in [0.2, 0.25) is 0 Å². The second kappa shape index (κ2) is 4.88. The number of fused-ring (bicyclic) bond motifs is 4. The van der Waals surface area contributed by atoms with Crippen LogP contribution >= 0.6 is 11.6 Å². The first kappa shape index (κ1) is 13.7. The molecule has 0 bridgehead atoms. The van der Waals surface area contributed by atoms with Crippen LogP contribution in [0, 0.1) is 11.8 Å². The van der Waals surface area contributed by atoms with Crippen LogP contribution in [0.5, 0.6) is 0 Å². The first-order chi connectivity index (χ1) is 11.2. The molecule has 0 N–H and O–H groups in total. The van der Waals surface area contributed by atoms with Gasteiger partial charge in [0, 0.05) is 43.8 Å². The van der Waals surface area contributed by atoms with E-state index in [0.717, 1.165) is 47.5 Å². The molecule has 120 valence electrons. The lowest BCUT2D eigenvalue weighted by molar-refractivity contribution is 0.347. The van der Waals surface area contributed by atoms with Crippen LogP contribution in [0.4, 0.5) is 0 Å². The Morgan fingerprint density at radius 2 is 1.96 bits per heavy atom. The standard InChI is InChI=1S/C15H18ClN7/c1-21-4-9-6-22(7-10(9)5-21)14-15-20-18-8-23(15)12-2-11(16)3-17-13(12)19-14/h3,8-10,12H,2,4-7H2,1H3. The molecule has 8 heteroatoms. The van der Waals surface area contributed by atoms with Gasteiger partial charge in [-0.05, 0) is 18.9 Å². The number of aromatic nitrogens is 3. The van der Waals surface area contributed by atoms with Crippen molar-refractivity contribution in [2.24, 2.45) is 21.8 Å². The topological polar surface area (TPSA) is 61.9 Å². The van der Waals surface area contributed by atoms with Gasteiger partial charge >= 0.3 is 0 Å². The van der Waals surface area contributed by atoms with E-state index in [2.05, 4.69) is 36.6 Å². The summed E-state index contributed by atoms with van der Waals surface area (Å²) in [6.45, 7) is 4.41. The maximum atomic E-state index is 6.15. The number of likely N-dealkylation sites (tertiary alicyclic amines) is 2. The van der Waals surface area contributed by atoms with Gasteiger partial charge in [-0.3, -0.25) is 4.57 Å². The second-order valence-corrected chi connectivity index (χ2v) is 7.41. The third-order valence-electron chi connectivity index (χ3n) is 5.32. The van der Waals surface area contributed by atoms with Gasteiger partial charge in [0.2, 0.25) is 0 Å². The maximum absolute atomic E-state index is 6.15. The molecule has 7 nitrogen and oxygen atoms in total. The molecule has 0 spiro atoms. The lowest BCUT2D eigenvalue weighted by Crippen LogP contribution is -2.40. The van der Waals surface area contributed by atoms with Crippen LogP contribution in [0.3, 0.4) is 0 Å². The first-order valence-electron chi connectivity index (χ1n) is 8.03. The van der Waals surface area contributed by atoms with Gasteiger partial charge in [0.15, 0.2) is 17.5 Å². The van der Waals surface area contributed by atoms with Gasteiger partial charge < -0.3 is 9.80 Å². The maximum Gasteiger partial charge on any atom is 0.200 e. The predicted octanol–water partition coefficient (Wildman–Crippen LogP) is 0.955. The minimum atomic E-state index is 0.0227. The van der Waals surface area contributed by atoms with Crippen molar-refractivity contribution >= 4 is 23.3 Å². The summed E-state index contributed by atoms with van der Waals surface area (Å²) < 4.78 is 2.07. The molecule has 1 aromatic heterocycles. The average Bonchev–Trinajstić information content (AvgIpc) is 3.20. The monoisotopic (exact) mass is 331 g/mol. The molecule has 0 radical (unpaired) electrons. The van der Waals surface area contributed by atoms with Crippen molar-refractivity contribution in [3.8, 4) is 0 Å². The molecule has 2 fully saturated rings. The predicted molar refractivity (Wildman–Crippen MR) is 87.6 cm³/mol. The summed E-state index contributed by atoms with van der Waals surface area (Å²) in [5, 5.41) is 9.17. The number of hydrogen-bond donors (Lipinski definition) is 0. The number of rotatable bonds is 0. The summed E-state index contributed by atoms with van der Waals surface area (Å²) in [7, 11) is 2.20. The van der Waals surface area contributed by atoms with E-state index in [0.29, 0.717) is 6.42 Å². The smallest absolute Gasteiger partial charge is 0.200 e. The normalized spacial score (nSPS) is 32.9. The van der Waals surface area contributed by atoms with Crippen molar-refractivity contribution in [1.29, 1.82) is 0 Å². The van der Waals surface area contributed by atoms with Crippen LogP contribution in [0.15, 0.2) is 27.5 Å². The zero-order valence-corrected chi connectivity index (χ0v) is 13.7. The molecule has 2 saturated heterocycles. The Labute approximate surface area is 139 Å². The van der Waals surface area contributed by atoms with Crippen molar-refractivity contribution in [3.63, 3.8) is 0 Å². The van der Waals surface area contributed by atoms with Crippen molar-refractivity contribution in [2.45, 2.75) is 12.5 Å². The number of halogens is 1. The van der Waals surface area contributed by atoms with Crippen LogP contribution in [-0.4, -0.2) is 69.5 Å². The van der Waals surface area contributed by atoms with E-state index in [1.165, 1.54) is 13.1 Å². The lowest BCUT2D eigenvalue weighted by Gasteiger charge is -2.30. The van der Waals surface area contributed by atoms with Crippen molar-refractivity contribution < 1.29 is 0 Å². The van der Waals surface area contributed by atoms with Gasteiger partial charge in [-0.25, -0.2) is 9.98 Å². The van der Waals surface area contributed by atoms with Crippen LogP contribution in [-0.2, 0) is 0 Å². The molecule has 0 aromatic carbocycles. The number of aliphatic imine (C=N–C) groups is 2.